The predicted octanol–water partition coefficient (Wildman–Crippen LogP) is 5.47. The summed E-state index contributed by atoms with van der Waals surface area (Å²) in [5.74, 6) is 0. The molecule has 0 N–H and O–H groups in total. The van der Waals surface area contributed by atoms with Crippen molar-refractivity contribution in [3.8, 4) is 11.1 Å². The maximum absolute atomic E-state index is 2.50. The van der Waals surface area contributed by atoms with Crippen molar-refractivity contribution in [2.75, 3.05) is 0 Å². The minimum atomic E-state index is -1.40. The van der Waals surface area contributed by atoms with Gasteiger partial charge in [0.15, 0.2) is 0 Å². The molecule has 0 aliphatic heterocycles. The van der Waals surface area contributed by atoms with Crippen molar-refractivity contribution in [1.82, 2.24) is 0 Å². The Labute approximate surface area is 123 Å². The van der Waals surface area contributed by atoms with E-state index in [2.05, 4.69) is 76.8 Å². The Morgan fingerprint density at radius 1 is 0.750 bits per heavy atom. The van der Waals surface area contributed by atoms with Crippen LogP contribution >= 0.6 is 0 Å². The Hall–Kier alpha value is -1.34. The molecule has 0 spiro atoms. The van der Waals surface area contributed by atoms with Crippen LogP contribution in [0, 0.1) is 13.8 Å². The van der Waals surface area contributed by atoms with Gasteiger partial charge in [-0.1, -0.05) is 74.1 Å². The van der Waals surface area contributed by atoms with Crippen molar-refractivity contribution in [2.45, 2.75) is 45.5 Å². The van der Waals surface area contributed by atoms with Gasteiger partial charge in [-0.25, -0.2) is 0 Å². The Bertz CT molecular complexity index is 638. The summed E-state index contributed by atoms with van der Waals surface area (Å²) in [5.41, 5.74) is 8.76. The quantitative estimate of drug-likeness (QED) is 0.608. The Morgan fingerprint density at radius 2 is 1.15 bits per heavy atom. The highest BCUT2D eigenvalue weighted by atomic mass is 28.3. The number of hydrogen-bond acceptors (Lipinski definition) is 0. The zero-order chi connectivity index (χ0) is 14.7. The average molecular weight is 280 g/mol. The van der Waals surface area contributed by atoms with E-state index in [0.717, 1.165) is 0 Å². The largest absolute Gasteiger partial charge is 0.0686 e. The van der Waals surface area contributed by atoms with Gasteiger partial charge in [0.05, 0.1) is 8.07 Å². The summed E-state index contributed by atoms with van der Waals surface area (Å²) in [6, 6.07) is 14.0. The SMILES string of the molecule is Cc1ccc2c(c1)C(C)([Si](C)(C)C)c1cc(C)ccc1-2. The fourth-order valence-electron chi connectivity index (χ4n) is 3.57. The molecule has 104 valence electrons. The number of benzene rings is 2. The van der Waals surface area contributed by atoms with Gasteiger partial charge in [-0.05, 0) is 36.1 Å². The van der Waals surface area contributed by atoms with Crippen molar-refractivity contribution in [2.24, 2.45) is 0 Å². The van der Waals surface area contributed by atoms with E-state index in [1.807, 2.05) is 0 Å². The normalized spacial score (nSPS) is 15.9. The van der Waals surface area contributed by atoms with Gasteiger partial charge >= 0.3 is 0 Å². The standard InChI is InChI=1S/C19H24Si/c1-13-7-9-15-16-10-8-14(2)12-18(16)19(3,17(15)11-13)20(4,5)6/h7-12H,1-6H3. The molecule has 2 aromatic carbocycles. The number of aryl methyl sites for hydroxylation is 2. The van der Waals surface area contributed by atoms with Crippen molar-refractivity contribution in [1.29, 1.82) is 0 Å². The van der Waals surface area contributed by atoms with E-state index in [1.165, 1.54) is 22.3 Å². The summed E-state index contributed by atoms with van der Waals surface area (Å²) >= 11 is 0. The molecule has 0 nitrogen and oxygen atoms in total. The Morgan fingerprint density at radius 3 is 1.50 bits per heavy atom. The molecular weight excluding hydrogens is 256 g/mol. The molecule has 0 amide bonds. The first kappa shape index (κ1) is 13.6. The minimum Gasteiger partial charge on any atom is -0.0686 e. The van der Waals surface area contributed by atoms with Gasteiger partial charge in [0, 0.05) is 5.04 Å². The van der Waals surface area contributed by atoms with Crippen LogP contribution in [0.15, 0.2) is 36.4 Å². The second-order valence-electron chi connectivity index (χ2n) is 7.47. The second-order valence-corrected chi connectivity index (χ2v) is 13.0. The first-order valence-electron chi connectivity index (χ1n) is 7.48. The van der Waals surface area contributed by atoms with Crippen molar-refractivity contribution in [3.63, 3.8) is 0 Å². The number of fused-ring (bicyclic) bond motifs is 3. The molecule has 0 heterocycles. The zero-order valence-corrected chi connectivity index (χ0v) is 14.5. The molecule has 1 heteroatoms. The molecule has 0 unspecified atom stereocenters. The summed E-state index contributed by atoms with van der Waals surface area (Å²) in [5, 5.41) is 0.218. The molecule has 0 bridgehead atoms. The summed E-state index contributed by atoms with van der Waals surface area (Å²) in [4.78, 5) is 0. The average Bonchev–Trinajstić information content (AvgIpc) is 2.60. The van der Waals surface area contributed by atoms with Crippen molar-refractivity contribution in [3.05, 3.63) is 58.7 Å². The van der Waals surface area contributed by atoms with Crippen molar-refractivity contribution >= 4 is 8.07 Å². The first-order chi connectivity index (χ1) is 9.25. The van der Waals surface area contributed by atoms with Crippen LogP contribution in [0.4, 0.5) is 0 Å². The van der Waals surface area contributed by atoms with Gasteiger partial charge < -0.3 is 0 Å². The van der Waals surface area contributed by atoms with Gasteiger partial charge in [-0.15, -0.1) is 0 Å². The van der Waals surface area contributed by atoms with Crippen LogP contribution in [0.3, 0.4) is 0 Å². The van der Waals surface area contributed by atoms with Crippen LogP contribution in [0.2, 0.25) is 19.6 Å². The predicted molar refractivity (Wildman–Crippen MR) is 91.2 cm³/mol. The maximum Gasteiger partial charge on any atom is 0.0609 e. The smallest absolute Gasteiger partial charge is 0.0609 e. The highest BCUT2D eigenvalue weighted by Gasteiger charge is 2.48. The molecule has 0 saturated heterocycles. The van der Waals surface area contributed by atoms with Gasteiger partial charge in [0.25, 0.3) is 0 Å². The highest BCUT2D eigenvalue weighted by molar-refractivity contribution is 6.80. The van der Waals surface area contributed by atoms with Crippen LogP contribution < -0.4 is 0 Å². The first-order valence-corrected chi connectivity index (χ1v) is 11.0. The lowest BCUT2D eigenvalue weighted by Gasteiger charge is -2.39. The third-order valence-electron chi connectivity index (χ3n) is 5.22. The monoisotopic (exact) mass is 280 g/mol. The summed E-state index contributed by atoms with van der Waals surface area (Å²) < 4.78 is 0. The zero-order valence-electron chi connectivity index (χ0n) is 13.5. The lowest BCUT2D eigenvalue weighted by molar-refractivity contribution is 0.797. The maximum atomic E-state index is 2.50. The van der Waals surface area contributed by atoms with Crippen LogP contribution in [-0.2, 0) is 5.04 Å². The van der Waals surface area contributed by atoms with E-state index in [9.17, 15) is 0 Å². The lowest BCUT2D eigenvalue weighted by atomic mass is 9.95. The third-order valence-corrected chi connectivity index (χ3v) is 8.76. The van der Waals surface area contributed by atoms with E-state index in [1.54, 1.807) is 11.1 Å². The molecule has 0 fully saturated rings. The summed E-state index contributed by atoms with van der Waals surface area (Å²) in [6.07, 6.45) is 0. The molecular formula is C19H24Si. The van der Waals surface area contributed by atoms with E-state index >= 15 is 0 Å². The Kier molecular flexibility index (Phi) is 2.78. The second kappa shape index (κ2) is 4.08. The van der Waals surface area contributed by atoms with E-state index in [0.29, 0.717) is 0 Å². The van der Waals surface area contributed by atoms with E-state index in [4.69, 9.17) is 0 Å². The molecule has 3 rings (SSSR count). The van der Waals surface area contributed by atoms with E-state index in [-0.39, 0.29) is 5.04 Å². The van der Waals surface area contributed by atoms with Gasteiger partial charge in [-0.2, -0.15) is 0 Å². The molecule has 0 atom stereocenters. The molecule has 0 aromatic heterocycles. The molecule has 0 saturated carbocycles. The summed E-state index contributed by atoms with van der Waals surface area (Å²) in [7, 11) is -1.40. The van der Waals surface area contributed by atoms with Crippen LogP contribution in [0.25, 0.3) is 11.1 Å². The lowest BCUT2D eigenvalue weighted by Crippen LogP contribution is -2.46. The van der Waals surface area contributed by atoms with E-state index < -0.39 is 8.07 Å². The van der Waals surface area contributed by atoms with Crippen molar-refractivity contribution < 1.29 is 0 Å². The number of rotatable bonds is 1. The van der Waals surface area contributed by atoms with Gasteiger partial charge in [0.2, 0.25) is 0 Å². The topological polar surface area (TPSA) is 0 Å². The molecule has 1 aliphatic carbocycles. The van der Waals surface area contributed by atoms with Crippen LogP contribution in [0.5, 0.6) is 0 Å². The molecule has 20 heavy (non-hydrogen) atoms. The molecule has 2 aromatic rings. The molecule has 0 radical (unpaired) electrons. The van der Waals surface area contributed by atoms with Gasteiger partial charge in [-0.3, -0.25) is 0 Å². The summed E-state index contributed by atoms with van der Waals surface area (Å²) in [6.45, 7) is 14.4. The van der Waals surface area contributed by atoms with Crippen LogP contribution in [-0.4, -0.2) is 8.07 Å². The van der Waals surface area contributed by atoms with Gasteiger partial charge in [0.1, 0.15) is 0 Å². The molecule has 1 aliphatic rings. The minimum absolute atomic E-state index is 0.218. The fraction of sp³-hybridized carbons (Fsp3) is 0.368. The fourth-order valence-corrected chi connectivity index (χ4v) is 5.60. The van der Waals surface area contributed by atoms with Crippen LogP contribution in [0.1, 0.15) is 29.2 Å². The third kappa shape index (κ3) is 1.66. The Balaban J connectivity index is 2.42. The highest BCUT2D eigenvalue weighted by Crippen LogP contribution is 2.53. The number of hydrogen-bond donors (Lipinski definition) is 0.